The Balaban J connectivity index is -0.000000101. The Morgan fingerprint density at radius 1 is 0.786 bits per heavy atom. The van der Waals surface area contributed by atoms with Crippen LogP contribution in [0.4, 0.5) is 0 Å². The molecule has 0 aliphatic carbocycles. The summed E-state index contributed by atoms with van der Waals surface area (Å²) >= 11 is 0. The van der Waals surface area contributed by atoms with E-state index in [0.29, 0.717) is 0 Å². The fraction of sp³-hybridized carbons (Fsp3) is 1.00. The molecule has 4 N–H and O–H groups in total. The average Bonchev–Trinajstić information content (AvgIpc) is 1.80. The van der Waals surface area contributed by atoms with Crippen molar-refractivity contribution in [1.82, 2.24) is 0 Å². The maximum absolute atomic E-state index is 9.99. The van der Waals surface area contributed by atoms with Crippen LogP contribution in [0.5, 0.6) is 0 Å². The van der Waals surface area contributed by atoms with E-state index in [2.05, 4.69) is 0 Å². The third-order valence-corrected chi connectivity index (χ3v) is 2.76. The van der Waals surface area contributed by atoms with Crippen molar-refractivity contribution in [2.75, 3.05) is 0 Å². The van der Waals surface area contributed by atoms with E-state index >= 15 is 0 Å². The van der Waals surface area contributed by atoms with Crippen LogP contribution < -0.4 is 59.1 Å². The second-order valence-corrected chi connectivity index (χ2v) is 4.84. The second-order valence-electron chi connectivity index (χ2n) is 1.81. The van der Waals surface area contributed by atoms with Gasteiger partial charge in [0.2, 0.25) is 10.9 Å². The molecule has 0 saturated heterocycles. The van der Waals surface area contributed by atoms with Crippen molar-refractivity contribution in [3.05, 3.63) is 0 Å². The van der Waals surface area contributed by atoms with E-state index in [9.17, 15) is 16.8 Å². The Hall–Kier alpha value is 1.74. The molecule has 0 aromatic carbocycles. The summed E-state index contributed by atoms with van der Waals surface area (Å²) in [6, 6.07) is 0. The molecule has 0 radical (unpaired) electrons. The van der Waals surface area contributed by atoms with Crippen molar-refractivity contribution in [3.63, 3.8) is 0 Å². The summed E-state index contributed by atoms with van der Waals surface area (Å²) in [5, 5.41) is 16.7. The van der Waals surface area contributed by atoms with Crippen molar-refractivity contribution < 1.29 is 98.1 Å². The van der Waals surface area contributed by atoms with Gasteiger partial charge < -0.3 is 13.1 Å². The minimum Gasteiger partial charge on any atom is -1.00 e. The normalized spacial score (nSPS) is 16.0. The minimum absolute atomic E-state index is 0. The van der Waals surface area contributed by atoms with Gasteiger partial charge in [-0.15, -0.1) is 0 Å². The van der Waals surface area contributed by atoms with Gasteiger partial charge in [0.25, 0.3) is 20.2 Å². The number of hydrogen-bond donors (Lipinski definition) is 4. The largest absolute Gasteiger partial charge is 1.00 e. The zero-order chi connectivity index (χ0) is 10.2. The average molecular weight is 270 g/mol. The van der Waals surface area contributed by atoms with Crippen molar-refractivity contribution >= 4 is 20.2 Å². The molecule has 0 spiro atoms. The Morgan fingerprint density at radius 3 is 1.00 bits per heavy atom. The maximum atomic E-state index is 9.99. The zero-order valence-corrected chi connectivity index (χ0v) is 13.0. The molecule has 0 fully saturated rings. The van der Waals surface area contributed by atoms with Gasteiger partial charge >= 0.3 is 59.1 Å². The summed E-state index contributed by atoms with van der Waals surface area (Å²) in [5.41, 5.74) is -5.96. The van der Waals surface area contributed by atoms with E-state index in [1.54, 1.807) is 0 Å². The third-order valence-electron chi connectivity index (χ3n) is 0.854. The van der Waals surface area contributed by atoms with E-state index in [1.165, 1.54) is 0 Å². The first-order valence-electron chi connectivity index (χ1n) is 2.35. The molecular weight excluding hydrogens is 262 g/mol. The van der Waals surface area contributed by atoms with Crippen LogP contribution in [0.3, 0.4) is 0 Å². The molecule has 14 heavy (non-hydrogen) atoms. The third kappa shape index (κ3) is 7.09. The quantitative estimate of drug-likeness (QED) is 0.292. The molecule has 0 aliphatic heterocycles. The van der Waals surface area contributed by atoms with Gasteiger partial charge in [0.1, 0.15) is 0 Å². The summed E-state index contributed by atoms with van der Waals surface area (Å²) in [6.07, 6.45) is 0. The van der Waals surface area contributed by atoms with E-state index in [4.69, 9.17) is 19.3 Å². The molecule has 12 heteroatoms. The molecule has 0 rings (SSSR count). The fourth-order valence-corrected chi connectivity index (χ4v) is 1.73. The summed E-state index contributed by atoms with van der Waals surface area (Å²) in [4.78, 5) is 0. The Kier molecular flexibility index (Phi) is 10.7. The van der Waals surface area contributed by atoms with Crippen LogP contribution in [0.2, 0.25) is 0 Å². The molecule has 0 heterocycles. The molecule has 0 bridgehead atoms. The predicted octanol–water partition coefficient (Wildman–Crippen LogP) is -8.37. The monoisotopic (exact) mass is 270 g/mol. The van der Waals surface area contributed by atoms with Gasteiger partial charge in [-0.25, -0.2) is 0 Å². The first kappa shape index (κ1) is 21.1. The van der Waals surface area contributed by atoms with Gasteiger partial charge in [-0.3, -0.25) is 9.11 Å². The van der Waals surface area contributed by atoms with Crippen LogP contribution >= 0.6 is 0 Å². The van der Waals surface area contributed by atoms with Crippen LogP contribution in [0.25, 0.3) is 0 Å². The van der Waals surface area contributed by atoms with Crippen LogP contribution in [0.1, 0.15) is 2.85 Å². The van der Waals surface area contributed by atoms with E-state index < -0.39 is 31.1 Å². The van der Waals surface area contributed by atoms with Gasteiger partial charge in [-0.1, -0.05) is 0 Å². The SMILES string of the molecule is O=S(=O)(O)C(O)C(O)S(=O)(=O)O.[H-].[H-].[Na+].[Na+]. The number of aliphatic hydroxyl groups is 2. The van der Waals surface area contributed by atoms with E-state index in [-0.39, 0.29) is 62.0 Å². The second kappa shape index (κ2) is 7.14. The fourth-order valence-electron chi connectivity index (χ4n) is 0.294. The van der Waals surface area contributed by atoms with Gasteiger partial charge in [0.15, 0.2) is 0 Å². The van der Waals surface area contributed by atoms with E-state index in [1.807, 2.05) is 0 Å². The Bertz CT molecular complexity index is 316. The van der Waals surface area contributed by atoms with Gasteiger partial charge in [0, 0.05) is 0 Å². The van der Waals surface area contributed by atoms with E-state index in [0.717, 1.165) is 0 Å². The summed E-state index contributed by atoms with van der Waals surface area (Å²) in [6.45, 7) is 0. The number of hydrogen-bond acceptors (Lipinski definition) is 6. The standard InChI is InChI=1S/C2H6O8S2.2Na.2H/c3-1(11(5,6)7)2(4)12(8,9)10;;;;/h1-4H,(H,5,6,7)(H,8,9,10);;;;/q;2*+1;2*-1. The first-order valence-corrected chi connectivity index (χ1v) is 5.36. The Labute approximate surface area is 128 Å². The molecule has 0 saturated carbocycles. The molecule has 0 aliphatic rings. The molecule has 0 amide bonds. The molecule has 0 aromatic rings. The van der Waals surface area contributed by atoms with Crippen LogP contribution in [-0.2, 0) is 20.2 Å². The Morgan fingerprint density at radius 2 is 0.929 bits per heavy atom. The topological polar surface area (TPSA) is 149 Å². The molecular formula is C2H8Na2O8S2. The van der Waals surface area contributed by atoms with Crippen molar-refractivity contribution in [3.8, 4) is 0 Å². The van der Waals surface area contributed by atoms with Crippen molar-refractivity contribution in [2.45, 2.75) is 10.9 Å². The zero-order valence-electron chi connectivity index (χ0n) is 9.39. The first-order chi connectivity index (χ1) is 5.07. The molecule has 8 nitrogen and oxygen atoms in total. The summed E-state index contributed by atoms with van der Waals surface area (Å²) < 4.78 is 56.0. The van der Waals surface area contributed by atoms with Crippen LogP contribution in [-0.4, -0.2) is 47.0 Å². The predicted molar refractivity (Wildman–Crippen MR) is 37.3 cm³/mol. The van der Waals surface area contributed by atoms with Crippen molar-refractivity contribution in [1.29, 1.82) is 0 Å². The van der Waals surface area contributed by atoms with Crippen LogP contribution in [0.15, 0.2) is 0 Å². The molecule has 2 unspecified atom stereocenters. The van der Waals surface area contributed by atoms with Gasteiger partial charge in [-0.05, 0) is 0 Å². The molecule has 2 atom stereocenters. The smallest absolute Gasteiger partial charge is 1.00 e. The number of rotatable bonds is 3. The van der Waals surface area contributed by atoms with Crippen LogP contribution in [0, 0.1) is 0 Å². The summed E-state index contributed by atoms with van der Waals surface area (Å²) in [5.74, 6) is 0. The van der Waals surface area contributed by atoms with Crippen molar-refractivity contribution in [2.24, 2.45) is 0 Å². The molecule has 78 valence electrons. The van der Waals surface area contributed by atoms with Gasteiger partial charge in [-0.2, -0.15) is 16.8 Å². The maximum Gasteiger partial charge on any atom is 1.00 e. The number of aliphatic hydroxyl groups excluding tert-OH is 2. The summed E-state index contributed by atoms with van der Waals surface area (Å²) in [7, 11) is -10.2. The van der Waals surface area contributed by atoms with Gasteiger partial charge in [0.05, 0.1) is 0 Å². The molecule has 0 aromatic heterocycles. The minimum atomic E-state index is -5.12.